The average molecular weight is 409 g/mol. The molecule has 1 aliphatic rings. The maximum atomic E-state index is 13.0. The van der Waals surface area contributed by atoms with Gasteiger partial charge in [0, 0.05) is 50.2 Å². The highest BCUT2D eigenvalue weighted by atomic mass is 16.5. The number of carbonyl (C=O) groups is 1. The van der Waals surface area contributed by atoms with Crippen LogP contribution >= 0.6 is 0 Å². The van der Waals surface area contributed by atoms with Crippen LogP contribution in [0.15, 0.2) is 30.7 Å². The molecule has 3 aromatic heterocycles. The Morgan fingerprint density at radius 1 is 1.27 bits per heavy atom. The maximum absolute atomic E-state index is 13.0. The highest BCUT2D eigenvalue weighted by molar-refractivity contribution is 6.06. The molecule has 1 saturated heterocycles. The Hall–Kier alpha value is -3.04. The number of hydrogen-bond donors (Lipinski definition) is 3. The molecule has 4 heterocycles. The molecule has 0 atom stereocenters. The van der Waals surface area contributed by atoms with Crippen LogP contribution in [0.4, 0.5) is 5.69 Å². The number of H-pyrrole nitrogens is 1. The van der Waals surface area contributed by atoms with Gasteiger partial charge in [0.25, 0.3) is 5.91 Å². The summed E-state index contributed by atoms with van der Waals surface area (Å²) in [4.78, 5) is 24.5. The topological polar surface area (TPSA) is 108 Å². The fourth-order valence-corrected chi connectivity index (χ4v) is 3.47. The average Bonchev–Trinajstić information content (AvgIpc) is 3.29. The first-order valence-corrected chi connectivity index (χ1v) is 10.3. The standard InChI is InChI=1S/C21H27N7O2/c1-14(2)26-19-16(21(29)22-5-6-28-7-9-30-10-8-28)13-23-18-4-3-17(27-20(18)19)15-11-24-25-12-15/h3-4,11-14H,5-10H2,1-2H3,(H,22,29)(H,23,26)(H,24,25). The van der Waals surface area contributed by atoms with Gasteiger partial charge in [-0.25, -0.2) is 4.98 Å². The first kappa shape index (κ1) is 20.2. The van der Waals surface area contributed by atoms with E-state index >= 15 is 0 Å². The van der Waals surface area contributed by atoms with E-state index in [4.69, 9.17) is 9.72 Å². The molecular weight excluding hydrogens is 382 g/mol. The molecule has 0 spiro atoms. The molecule has 3 N–H and O–H groups in total. The minimum absolute atomic E-state index is 0.134. The molecule has 158 valence electrons. The van der Waals surface area contributed by atoms with Crippen molar-refractivity contribution in [3.63, 3.8) is 0 Å². The second kappa shape index (κ2) is 9.19. The lowest BCUT2D eigenvalue weighted by Crippen LogP contribution is -2.41. The first-order valence-electron chi connectivity index (χ1n) is 10.3. The largest absolute Gasteiger partial charge is 0.380 e. The third-order valence-electron chi connectivity index (χ3n) is 5.00. The lowest BCUT2D eigenvalue weighted by molar-refractivity contribution is 0.0383. The summed E-state index contributed by atoms with van der Waals surface area (Å²) < 4.78 is 5.37. The van der Waals surface area contributed by atoms with Crippen LogP contribution in [-0.2, 0) is 4.74 Å². The molecule has 0 saturated carbocycles. The van der Waals surface area contributed by atoms with Crippen LogP contribution in [0.1, 0.15) is 24.2 Å². The van der Waals surface area contributed by atoms with Crippen LogP contribution in [0.3, 0.4) is 0 Å². The van der Waals surface area contributed by atoms with E-state index in [9.17, 15) is 4.79 Å². The summed E-state index contributed by atoms with van der Waals surface area (Å²) >= 11 is 0. The van der Waals surface area contributed by atoms with Gasteiger partial charge >= 0.3 is 0 Å². The predicted molar refractivity (Wildman–Crippen MR) is 115 cm³/mol. The SMILES string of the molecule is CC(C)Nc1c(C(=O)NCCN2CCOCC2)cnc2ccc(-c3cn[nH]c3)nc12. The van der Waals surface area contributed by atoms with Gasteiger partial charge in [-0.3, -0.25) is 19.8 Å². The van der Waals surface area contributed by atoms with Gasteiger partial charge < -0.3 is 15.4 Å². The molecule has 0 aliphatic carbocycles. The summed E-state index contributed by atoms with van der Waals surface area (Å²) in [5.41, 5.74) is 4.25. The van der Waals surface area contributed by atoms with E-state index in [0.29, 0.717) is 23.3 Å². The molecule has 9 nitrogen and oxygen atoms in total. The molecule has 0 bridgehead atoms. The number of carbonyl (C=O) groups excluding carboxylic acids is 1. The minimum Gasteiger partial charge on any atom is -0.380 e. The maximum Gasteiger partial charge on any atom is 0.255 e. The summed E-state index contributed by atoms with van der Waals surface area (Å²) in [6, 6.07) is 3.95. The van der Waals surface area contributed by atoms with Gasteiger partial charge in [0.1, 0.15) is 5.52 Å². The summed E-state index contributed by atoms with van der Waals surface area (Å²) in [5.74, 6) is -0.156. The smallest absolute Gasteiger partial charge is 0.255 e. The Bertz CT molecular complexity index is 998. The number of nitrogens with one attached hydrogen (secondary N) is 3. The molecule has 1 aliphatic heterocycles. The number of hydrogen-bond acceptors (Lipinski definition) is 7. The van der Waals surface area contributed by atoms with Gasteiger partial charge in [-0.2, -0.15) is 5.10 Å². The van der Waals surface area contributed by atoms with Crippen LogP contribution in [-0.4, -0.2) is 76.4 Å². The Kier molecular flexibility index (Phi) is 6.20. The highest BCUT2D eigenvalue weighted by Gasteiger charge is 2.18. The van der Waals surface area contributed by atoms with Crippen LogP contribution in [0.5, 0.6) is 0 Å². The van der Waals surface area contributed by atoms with Gasteiger partial charge in [0.15, 0.2) is 0 Å². The zero-order chi connectivity index (χ0) is 20.9. The molecule has 0 aromatic carbocycles. The van der Waals surface area contributed by atoms with Crippen LogP contribution in [0.2, 0.25) is 0 Å². The van der Waals surface area contributed by atoms with Crippen molar-refractivity contribution in [2.45, 2.75) is 19.9 Å². The van der Waals surface area contributed by atoms with E-state index in [1.807, 2.05) is 26.0 Å². The van der Waals surface area contributed by atoms with Crippen molar-refractivity contribution in [2.75, 3.05) is 44.7 Å². The third-order valence-corrected chi connectivity index (χ3v) is 5.00. The molecule has 3 aromatic rings. The Morgan fingerprint density at radius 3 is 2.83 bits per heavy atom. The van der Waals surface area contributed by atoms with Gasteiger partial charge in [-0.1, -0.05) is 0 Å². The fourth-order valence-electron chi connectivity index (χ4n) is 3.47. The summed E-state index contributed by atoms with van der Waals surface area (Å²) in [6.45, 7) is 8.72. The van der Waals surface area contributed by atoms with E-state index in [1.54, 1.807) is 18.6 Å². The minimum atomic E-state index is -0.156. The van der Waals surface area contributed by atoms with Crippen molar-refractivity contribution in [1.29, 1.82) is 0 Å². The molecule has 1 amide bonds. The number of fused-ring (bicyclic) bond motifs is 1. The summed E-state index contributed by atoms with van der Waals surface area (Å²) in [7, 11) is 0. The molecule has 9 heteroatoms. The number of rotatable bonds is 7. The quantitative estimate of drug-likeness (QED) is 0.547. The second-order valence-corrected chi connectivity index (χ2v) is 7.61. The van der Waals surface area contributed by atoms with Gasteiger partial charge in [0.05, 0.1) is 41.9 Å². The Morgan fingerprint density at radius 2 is 2.10 bits per heavy atom. The molecule has 1 fully saturated rings. The first-order chi connectivity index (χ1) is 14.6. The van der Waals surface area contributed by atoms with E-state index in [-0.39, 0.29) is 11.9 Å². The van der Waals surface area contributed by atoms with Crippen molar-refractivity contribution in [1.82, 2.24) is 30.4 Å². The van der Waals surface area contributed by atoms with Crippen LogP contribution < -0.4 is 10.6 Å². The number of pyridine rings is 2. The van der Waals surface area contributed by atoms with E-state index in [2.05, 4.69) is 30.7 Å². The molecule has 4 rings (SSSR count). The lowest BCUT2D eigenvalue weighted by Gasteiger charge is -2.26. The molecule has 30 heavy (non-hydrogen) atoms. The van der Waals surface area contributed by atoms with E-state index < -0.39 is 0 Å². The molecule has 0 unspecified atom stereocenters. The number of aromatic nitrogens is 4. The van der Waals surface area contributed by atoms with Crippen molar-refractivity contribution in [2.24, 2.45) is 0 Å². The van der Waals surface area contributed by atoms with Crippen molar-refractivity contribution < 1.29 is 9.53 Å². The zero-order valence-electron chi connectivity index (χ0n) is 17.3. The monoisotopic (exact) mass is 409 g/mol. The second-order valence-electron chi connectivity index (χ2n) is 7.61. The van der Waals surface area contributed by atoms with E-state index in [0.717, 1.165) is 49.6 Å². The number of nitrogens with zero attached hydrogens (tertiary/aromatic N) is 4. The summed E-state index contributed by atoms with van der Waals surface area (Å²) in [5, 5.41) is 13.2. The Labute approximate surface area is 175 Å². The number of anilines is 1. The number of aromatic amines is 1. The van der Waals surface area contributed by atoms with E-state index in [1.165, 1.54) is 0 Å². The predicted octanol–water partition coefficient (Wildman–Crippen LogP) is 1.90. The third kappa shape index (κ3) is 4.58. The molecular formula is C21H27N7O2. The number of amides is 1. The van der Waals surface area contributed by atoms with Gasteiger partial charge in [-0.15, -0.1) is 0 Å². The van der Waals surface area contributed by atoms with Crippen LogP contribution in [0.25, 0.3) is 22.3 Å². The summed E-state index contributed by atoms with van der Waals surface area (Å²) in [6.07, 6.45) is 5.13. The van der Waals surface area contributed by atoms with Crippen molar-refractivity contribution >= 4 is 22.6 Å². The molecule has 0 radical (unpaired) electrons. The highest BCUT2D eigenvalue weighted by Crippen LogP contribution is 2.28. The van der Waals surface area contributed by atoms with Gasteiger partial charge in [-0.05, 0) is 26.0 Å². The zero-order valence-corrected chi connectivity index (χ0v) is 17.3. The number of morpholine rings is 1. The Balaban J connectivity index is 1.59. The normalized spacial score (nSPS) is 14.9. The number of ether oxygens (including phenoxy) is 1. The lowest BCUT2D eigenvalue weighted by atomic mass is 10.1. The van der Waals surface area contributed by atoms with Gasteiger partial charge in [0.2, 0.25) is 0 Å². The fraction of sp³-hybridized carbons (Fsp3) is 0.429. The van der Waals surface area contributed by atoms with Crippen LogP contribution in [0, 0.1) is 0 Å². The van der Waals surface area contributed by atoms with Crippen molar-refractivity contribution in [3.05, 3.63) is 36.3 Å². The van der Waals surface area contributed by atoms with Crippen molar-refractivity contribution in [3.8, 4) is 11.3 Å².